The molecule has 0 aromatic heterocycles. The van der Waals surface area contributed by atoms with Crippen LogP contribution in [0.5, 0.6) is 5.75 Å². The van der Waals surface area contributed by atoms with Crippen LogP contribution in [0.15, 0.2) is 24.3 Å². The third-order valence-electron chi connectivity index (χ3n) is 3.76. The van der Waals surface area contributed by atoms with Gasteiger partial charge in [-0.15, -0.1) is 0 Å². The number of amides is 1. The number of hydrogen-bond acceptors (Lipinski definition) is 3. The molecule has 1 saturated heterocycles. The molecule has 20 heavy (non-hydrogen) atoms. The monoisotopic (exact) mass is 272 g/mol. The molecular weight excluding hydrogens is 252 g/mol. The van der Waals surface area contributed by atoms with E-state index >= 15 is 0 Å². The summed E-state index contributed by atoms with van der Waals surface area (Å²) in [7, 11) is 1.58. The standard InChI is InChI=1S/C16H20N2O2/c1-20-15-8-4-3-7-14(15)13(12-17)11-16(19)18-9-5-2-6-10-18/h3-4,7-8,13H,2,5-6,9-11H2,1H3. The number of methoxy groups -OCH3 is 1. The smallest absolute Gasteiger partial charge is 0.224 e. The zero-order valence-corrected chi connectivity index (χ0v) is 11.8. The normalized spacial score (nSPS) is 16.3. The van der Waals surface area contributed by atoms with E-state index in [0.717, 1.165) is 31.5 Å². The molecule has 1 fully saturated rings. The lowest BCUT2D eigenvalue weighted by molar-refractivity contribution is -0.132. The Labute approximate surface area is 120 Å². The van der Waals surface area contributed by atoms with Crippen LogP contribution in [-0.4, -0.2) is 31.0 Å². The molecule has 4 heteroatoms. The maximum atomic E-state index is 12.3. The van der Waals surface area contributed by atoms with Crippen molar-refractivity contribution >= 4 is 5.91 Å². The van der Waals surface area contributed by atoms with Crippen LogP contribution in [0.4, 0.5) is 0 Å². The van der Waals surface area contributed by atoms with Crippen LogP contribution >= 0.6 is 0 Å². The van der Waals surface area contributed by atoms with Crippen molar-refractivity contribution in [2.45, 2.75) is 31.6 Å². The fourth-order valence-electron chi connectivity index (χ4n) is 2.63. The van der Waals surface area contributed by atoms with E-state index < -0.39 is 5.92 Å². The number of para-hydroxylation sites is 1. The molecule has 0 saturated carbocycles. The van der Waals surface area contributed by atoms with Crippen LogP contribution in [-0.2, 0) is 4.79 Å². The molecule has 1 aromatic rings. The van der Waals surface area contributed by atoms with Gasteiger partial charge in [0.1, 0.15) is 5.75 Å². The van der Waals surface area contributed by atoms with E-state index in [0.29, 0.717) is 5.75 Å². The lowest BCUT2D eigenvalue weighted by Crippen LogP contribution is -2.36. The first kappa shape index (κ1) is 14.4. The second-order valence-corrected chi connectivity index (χ2v) is 5.07. The molecule has 4 nitrogen and oxygen atoms in total. The second-order valence-electron chi connectivity index (χ2n) is 5.07. The number of likely N-dealkylation sites (tertiary alicyclic amines) is 1. The summed E-state index contributed by atoms with van der Waals surface area (Å²) in [5.74, 6) is 0.299. The van der Waals surface area contributed by atoms with E-state index in [1.54, 1.807) is 7.11 Å². The van der Waals surface area contributed by atoms with Crippen molar-refractivity contribution in [3.05, 3.63) is 29.8 Å². The molecule has 1 unspecified atom stereocenters. The van der Waals surface area contributed by atoms with E-state index in [-0.39, 0.29) is 12.3 Å². The quantitative estimate of drug-likeness (QED) is 0.846. The molecule has 2 rings (SSSR count). The van der Waals surface area contributed by atoms with Gasteiger partial charge in [0.05, 0.1) is 19.1 Å². The molecule has 1 aliphatic heterocycles. The van der Waals surface area contributed by atoms with E-state index in [1.807, 2.05) is 29.2 Å². The minimum atomic E-state index is -0.444. The van der Waals surface area contributed by atoms with Crippen molar-refractivity contribution in [1.29, 1.82) is 5.26 Å². The van der Waals surface area contributed by atoms with Gasteiger partial charge < -0.3 is 9.64 Å². The third kappa shape index (κ3) is 3.30. The van der Waals surface area contributed by atoms with Gasteiger partial charge in [0.2, 0.25) is 5.91 Å². The fraction of sp³-hybridized carbons (Fsp3) is 0.500. The first-order valence-corrected chi connectivity index (χ1v) is 7.06. The highest BCUT2D eigenvalue weighted by molar-refractivity contribution is 5.78. The minimum absolute atomic E-state index is 0.0714. The van der Waals surface area contributed by atoms with Gasteiger partial charge in [-0.25, -0.2) is 0 Å². The maximum Gasteiger partial charge on any atom is 0.224 e. The fourth-order valence-corrected chi connectivity index (χ4v) is 2.63. The number of nitriles is 1. The lowest BCUT2D eigenvalue weighted by atomic mass is 9.95. The highest BCUT2D eigenvalue weighted by atomic mass is 16.5. The Kier molecular flexibility index (Phi) is 5.00. The van der Waals surface area contributed by atoms with Gasteiger partial charge in [-0.05, 0) is 25.3 Å². The second kappa shape index (κ2) is 6.95. The summed E-state index contributed by atoms with van der Waals surface area (Å²) in [6.45, 7) is 1.64. The highest BCUT2D eigenvalue weighted by Crippen LogP contribution is 2.29. The Morgan fingerprint density at radius 2 is 2.05 bits per heavy atom. The van der Waals surface area contributed by atoms with Crippen molar-refractivity contribution in [2.24, 2.45) is 0 Å². The zero-order valence-electron chi connectivity index (χ0n) is 11.8. The average molecular weight is 272 g/mol. The van der Waals surface area contributed by atoms with Crippen LogP contribution < -0.4 is 4.74 Å². The van der Waals surface area contributed by atoms with Gasteiger partial charge in [-0.3, -0.25) is 4.79 Å². The number of ether oxygens (including phenoxy) is 1. The van der Waals surface area contributed by atoms with Crippen LogP contribution in [0.1, 0.15) is 37.2 Å². The number of benzene rings is 1. The molecule has 0 aliphatic carbocycles. The van der Waals surface area contributed by atoms with E-state index in [4.69, 9.17) is 4.74 Å². The van der Waals surface area contributed by atoms with Gasteiger partial charge in [-0.1, -0.05) is 18.2 Å². The molecule has 1 heterocycles. The summed E-state index contributed by atoms with van der Waals surface area (Å²) in [4.78, 5) is 14.2. The summed E-state index contributed by atoms with van der Waals surface area (Å²) in [5.41, 5.74) is 0.794. The molecule has 0 radical (unpaired) electrons. The first-order chi connectivity index (χ1) is 9.76. The number of piperidine rings is 1. The summed E-state index contributed by atoms with van der Waals surface area (Å²) in [5, 5.41) is 9.37. The Morgan fingerprint density at radius 1 is 1.35 bits per heavy atom. The summed E-state index contributed by atoms with van der Waals surface area (Å²) in [6.07, 6.45) is 3.56. The Morgan fingerprint density at radius 3 is 2.70 bits per heavy atom. The van der Waals surface area contributed by atoms with Gasteiger partial charge in [0.15, 0.2) is 0 Å². The van der Waals surface area contributed by atoms with E-state index in [1.165, 1.54) is 6.42 Å². The number of hydrogen-bond donors (Lipinski definition) is 0. The Hall–Kier alpha value is -2.02. The van der Waals surface area contributed by atoms with Crippen LogP contribution in [0.3, 0.4) is 0 Å². The number of carbonyl (C=O) groups excluding carboxylic acids is 1. The zero-order chi connectivity index (χ0) is 14.4. The number of rotatable bonds is 4. The van der Waals surface area contributed by atoms with Crippen molar-refractivity contribution < 1.29 is 9.53 Å². The van der Waals surface area contributed by atoms with E-state index in [9.17, 15) is 10.1 Å². The molecule has 1 atom stereocenters. The molecule has 1 amide bonds. The first-order valence-electron chi connectivity index (χ1n) is 7.06. The van der Waals surface area contributed by atoms with Gasteiger partial charge in [0.25, 0.3) is 0 Å². The SMILES string of the molecule is COc1ccccc1C(C#N)CC(=O)N1CCCCC1. The average Bonchev–Trinajstić information content (AvgIpc) is 2.53. The topological polar surface area (TPSA) is 53.3 Å². The van der Waals surface area contributed by atoms with Crippen molar-refractivity contribution in [3.8, 4) is 11.8 Å². The Balaban J connectivity index is 2.09. The molecule has 1 aliphatic rings. The van der Waals surface area contributed by atoms with Gasteiger partial charge in [0, 0.05) is 25.1 Å². The van der Waals surface area contributed by atoms with Crippen molar-refractivity contribution in [2.75, 3.05) is 20.2 Å². The lowest BCUT2D eigenvalue weighted by Gasteiger charge is -2.27. The molecule has 1 aromatic carbocycles. The predicted molar refractivity (Wildman–Crippen MR) is 76.4 cm³/mol. The van der Waals surface area contributed by atoms with Crippen LogP contribution in [0.25, 0.3) is 0 Å². The number of carbonyl (C=O) groups is 1. The van der Waals surface area contributed by atoms with Crippen molar-refractivity contribution in [1.82, 2.24) is 4.90 Å². The maximum absolute atomic E-state index is 12.3. The van der Waals surface area contributed by atoms with Crippen LogP contribution in [0.2, 0.25) is 0 Å². The minimum Gasteiger partial charge on any atom is -0.496 e. The van der Waals surface area contributed by atoms with E-state index in [2.05, 4.69) is 6.07 Å². The van der Waals surface area contributed by atoms with Gasteiger partial charge >= 0.3 is 0 Å². The summed E-state index contributed by atoms with van der Waals surface area (Å²) in [6, 6.07) is 9.65. The largest absolute Gasteiger partial charge is 0.496 e. The highest BCUT2D eigenvalue weighted by Gasteiger charge is 2.23. The molecule has 106 valence electrons. The molecule has 0 bridgehead atoms. The third-order valence-corrected chi connectivity index (χ3v) is 3.76. The van der Waals surface area contributed by atoms with Crippen LogP contribution in [0, 0.1) is 11.3 Å². The molecule has 0 spiro atoms. The summed E-state index contributed by atoms with van der Waals surface area (Å²) < 4.78 is 5.28. The summed E-state index contributed by atoms with van der Waals surface area (Å²) >= 11 is 0. The predicted octanol–water partition coefficient (Wildman–Crippen LogP) is 2.70. The Bertz CT molecular complexity index is 501. The molecular formula is C16H20N2O2. The van der Waals surface area contributed by atoms with Gasteiger partial charge in [-0.2, -0.15) is 5.26 Å². The molecule has 0 N–H and O–H groups in total. The number of nitrogens with zero attached hydrogens (tertiary/aromatic N) is 2. The van der Waals surface area contributed by atoms with Crippen molar-refractivity contribution in [3.63, 3.8) is 0 Å².